The molecule has 0 saturated carbocycles. The van der Waals surface area contributed by atoms with E-state index in [1.54, 1.807) is 0 Å². The molecule has 0 aromatic heterocycles. The summed E-state index contributed by atoms with van der Waals surface area (Å²) in [7, 11) is 0. The van der Waals surface area contributed by atoms with Crippen LogP contribution in [-0.2, 0) is 6.42 Å². The quantitative estimate of drug-likeness (QED) is 0.651. The molecule has 0 aliphatic heterocycles. The van der Waals surface area contributed by atoms with Gasteiger partial charge in [-0.15, -0.1) is 0 Å². The van der Waals surface area contributed by atoms with Crippen molar-refractivity contribution in [2.45, 2.75) is 6.42 Å². The van der Waals surface area contributed by atoms with E-state index in [9.17, 15) is 17.6 Å². The third-order valence-electron chi connectivity index (χ3n) is 2.68. The molecule has 2 rings (SSSR count). The summed E-state index contributed by atoms with van der Waals surface area (Å²) >= 11 is 0. The van der Waals surface area contributed by atoms with E-state index in [2.05, 4.69) is 0 Å². The lowest BCUT2D eigenvalue weighted by molar-refractivity contribution is 0.540. The largest absolute Gasteiger partial charge is 0.399 e. The molecule has 0 amide bonds. The van der Waals surface area contributed by atoms with Crippen molar-refractivity contribution in [3.05, 3.63) is 58.7 Å². The average Bonchev–Trinajstić information content (AvgIpc) is 2.25. The number of hydrogen-bond donors (Lipinski definition) is 2. The zero-order valence-electron chi connectivity index (χ0n) is 9.68. The predicted octanol–water partition coefficient (Wildman–Crippen LogP) is 3.00. The van der Waals surface area contributed by atoms with Gasteiger partial charge in [0.05, 0.1) is 0 Å². The van der Waals surface area contributed by atoms with Gasteiger partial charge in [0.15, 0.2) is 0 Å². The molecule has 0 aliphatic carbocycles. The molecule has 100 valence electrons. The minimum atomic E-state index is -0.951. The van der Waals surface area contributed by atoms with Gasteiger partial charge in [-0.3, -0.25) is 0 Å². The summed E-state index contributed by atoms with van der Waals surface area (Å²) in [5.41, 5.74) is 9.42. The lowest BCUT2D eigenvalue weighted by Gasteiger charge is -2.09. The van der Waals surface area contributed by atoms with Gasteiger partial charge in [-0.1, -0.05) is 0 Å². The second-order valence-corrected chi connectivity index (χ2v) is 4.10. The van der Waals surface area contributed by atoms with Crippen LogP contribution < -0.4 is 11.5 Å². The Bertz CT molecular complexity index is 539. The third kappa shape index (κ3) is 2.62. The summed E-state index contributed by atoms with van der Waals surface area (Å²) < 4.78 is 54.2. The minimum Gasteiger partial charge on any atom is -0.399 e. The number of nitrogen functional groups attached to an aromatic ring is 2. The molecule has 6 heteroatoms. The van der Waals surface area contributed by atoms with Crippen LogP contribution in [-0.4, -0.2) is 0 Å². The second-order valence-electron chi connectivity index (χ2n) is 4.10. The molecule has 2 aromatic rings. The van der Waals surface area contributed by atoms with Crippen molar-refractivity contribution in [1.29, 1.82) is 0 Å². The summed E-state index contributed by atoms with van der Waals surface area (Å²) in [5.74, 6) is -3.80. The Balaban J connectivity index is 2.48. The number of nitrogens with two attached hydrogens (primary N) is 2. The van der Waals surface area contributed by atoms with E-state index in [0.29, 0.717) is 0 Å². The van der Waals surface area contributed by atoms with Crippen molar-refractivity contribution in [3.8, 4) is 0 Å². The highest BCUT2D eigenvalue weighted by Gasteiger charge is 2.17. The molecular formula is C13H10F4N2. The molecule has 0 aliphatic rings. The van der Waals surface area contributed by atoms with E-state index in [-0.39, 0.29) is 11.4 Å². The van der Waals surface area contributed by atoms with Crippen molar-refractivity contribution >= 4 is 11.4 Å². The van der Waals surface area contributed by atoms with Gasteiger partial charge in [0.25, 0.3) is 0 Å². The van der Waals surface area contributed by atoms with Crippen molar-refractivity contribution in [3.63, 3.8) is 0 Å². The molecule has 0 spiro atoms. The van der Waals surface area contributed by atoms with Gasteiger partial charge in [-0.2, -0.15) is 0 Å². The number of rotatable bonds is 2. The SMILES string of the molecule is Nc1cc(F)c(Cc2c(F)cc(N)cc2F)c(F)c1. The number of benzene rings is 2. The van der Waals surface area contributed by atoms with Crippen LogP contribution in [0.15, 0.2) is 24.3 Å². The van der Waals surface area contributed by atoms with Gasteiger partial charge in [0, 0.05) is 28.9 Å². The average molecular weight is 270 g/mol. The van der Waals surface area contributed by atoms with E-state index in [0.717, 1.165) is 24.3 Å². The molecule has 0 fully saturated rings. The maximum Gasteiger partial charge on any atom is 0.131 e. The highest BCUT2D eigenvalue weighted by molar-refractivity contribution is 5.45. The first kappa shape index (κ1) is 13.2. The monoisotopic (exact) mass is 270 g/mol. The van der Waals surface area contributed by atoms with Crippen LogP contribution in [0.25, 0.3) is 0 Å². The Hall–Kier alpha value is -2.24. The smallest absolute Gasteiger partial charge is 0.131 e. The molecule has 0 atom stereocenters. The van der Waals surface area contributed by atoms with Crippen molar-refractivity contribution in [2.24, 2.45) is 0 Å². The molecule has 0 saturated heterocycles. The molecular weight excluding hydrogens is 260 g/mol. The molecule has 0 heterocycles. The summed E-state index contributed by atoms with van der Waals surface area (Å²) in [6, 6.07) is 3.58. The van der Waals surface area contributed by atoms with Gasteiger partial charge < -0.3 is 11.5 Å². The van der Waals surface area contributed by atoms with E-state index in [4.69, 9.17) is 11.5 Å². The fourth-order valence-electron chi connectivity index (χ4n) is 1.76. The van der Waals surface area contributed by atoms with Crippen LogP contribution in [0.3, 0.4) is 0 Å². The number of anilines is 2. The molecule has 19 heavy (non-hydrogen) atoms. The Kier molecular flexibility index (Phi) is 3.33. The van der Waals surface area contributed by atoms with Gasteiger partial charge in [-0.05, 0) is 24.3 Å². The highest BCUT2D eigenvalue weighted by atomic mass is 19.1. The van der Waals surface area contributed by atoms with Crippen molar-refractivity contribution in [2.75, 3.05) is 11.5 Å². The normalized spacial score (nSPS) is 10.7. The fourth-order valence-corrected chi connectivity index (χ4v) is 1.76. The van der Waals surface area contributed by atoms with Crippen LogP contribution in [0, 0.1) is 23.3 Å². The molecule has 0 radical (unpaired) electrons. The van der Waals surface area contributed by atoms with Crippen LogP contribution >= 0.6 is 0 Å². The molecule has 2 aromatic carbocycles. The Morgan fingerprint density at radius 3 is 1.16 bits per heavy atom. The topological polar surface area (TPSA) is 52.0 Å². The van der Waals surface area contributed by atoms with Crippen LogP contribution in [0.2, 0.25) is 0 Å². The standard InChI is InChI=1S/C13H10F4N2/c14-10-1-6(18)2-11(15)8(10)5-9-12(16)3-7(19)4-13(9)17/h1-4H,5,18-19H2. The summed E-state index contributed by atoms with van der Waals surface area (Å²) in [4.78, 5) is 0. The first-order valence-electron chi connectivity index (χ1n) is 5.35. The summed E-state index contributed by atoms with van der Waals surface area (Å²) in [6.07, 6.45) is -0.560. The lowest BCUT2D eigenvalue weighted by Crippen LogP contribution is -2.04. The third-order valence-corrected chi connectivity index (χ3v) is 2.68. The Morgan fingerprint density at radius 1 is 0.632 bits per heavy atom. The van der Waals surface area contributed by atoms with E-state index in [1.807, 2.05) is 0 Å². The zero-order chi connectivity index (χ0) is 14.2. The highest BCUT2D eigenvalue weighted by Crippen LogP contribution is 2.24. The molecule has 0 unspecified atom stereocenters. The van der Waals surface area contributed by atoms with Crippen molar-refractivity contribution in [1.82, 2.24) is 0 Å². The summed E-state index contributed by atoms with van der Waals surface area (Å²) in [5, 5.41) is 0. The van der Waals surface area contributed by atoms with Gasteiger partial charge in [-0.25, -0.2) is 17.6 Å². The second kappa shape index (κ2) is 4.79. The van der Waals surface area contributed by atoms with E-state index in [1.165, 1.54) is 0 Å². The maximum absolute atomic E-state index is 13.6. The summed E-state index contributed by atoms with van der Waals surface area (Å²) in [6.45, 7) is 0. The Labute approximate surface area is 106 Å². The Morgan fingerprint density at radius 2 is 0.895 bits per heavy atom. The molecule has 0 bridgehead atoms. The van der Waals surface area contributed by atoms with Gasteiger partial charge >= 0.3 is 0 Å². The van der Waals surface area contributed by atoms with Gasteiger partial charge in [0.2, 0.25) is 0 Å². The number of hydrogen-bond acceptors (Lipinski definition) is 2. The zero-order valence-corrected chi connectivity index (χ0v) is 9.68. The van der Waals surface area contributed by atoms with Gasteiger partial charge in [0.1, 0.15) is 23.3 Å². The maximum atomic E-state index is 13.6. The van der Waals surface area contributed by atoms with Crippen LogP contribution in [0.1, 0.15) is 11.1 Å². The van der Waals surface area contributed by atoms with Crippen LogP contribution in [0.5, 0.6) is 0 Å². The first-order valence-corrected chi connectivity index (χ1v) is 5.35. The molecule has 4 N–H and O–H groups in total. The number of halogens is 4. The van der Waals surface area contributed by atoms with E-state index >= 15 is 0 Å². The minimum absolute atomic E-state index is 0.1000. The van der Waals surface area contributed by atoms with Crippen LogP contribution in [0.4, 0.5) is 28.9 Å². The fraction of sp³-hybridized carbons (Fsp3) is 0.0769. The first-order chi connectivity index (χ1) is 8.88. The van der Waals surface area contributed by atoms with E-state index < -0.39 is 40.8 Å². The lowest BCUT2D eigenvalue weighted by atomic mass is 10.0. The molecule has 2 nitrogen and oxygen atoms in total. The van der Waals surface area contributed by atoms with Crippen molar-refractivity contribution < 1.29 is 17.6 Å². The predicted molar refractivity (Wildman–Crippen MR) is 64.3 cm³/mol.